The van der Waals surface area contributed by atoms with Gasteiger partial charge in [0.25, 0.3) is 0 Å². The van der Waals surface area contributed by atoms with Crippen molar-refractivity contribution in [1.82, 2.24) is 10.2 Å². The summed E-state index contributed by atoms with van der Waals surface area (Å²) in [6, 6.07) is 10.9. The molecule has 3 rings (SSSR count). The minimum Gasteiger partial charge on any atom is -0.282 e. The lowest BCUT2D eigenvalue weighted by atomic mass is 9.71. The van der Waals surface area contributed by atoms with Crippen LogP contribution in [0.1, 0.15) is 56.5 Å². The van der Waals surface area contributed by atoms with Crippen molar-refractivity contribution in [2.45, 2.75) is 44.9 Å². The third-order valence-corrected chi connectivity index (χ3v) is 5.27. The van der Waals surface area contributed by atoms with Gasteiger partial charge in [0.2, 0.25) is 0 Å². The van der Waals surface area contributed by atoms with E-state index in [1.165, 1.54) is 24.1 Å². The molecule has 1 aromatic heterocycles. The molecule has 20 heavy (non-hydrogen) atoms. The van der Waals surface area contributed by atoms with Crippen LogP contribution in [0.3, 0.4) is 0 Å². The zero-order valence-electron chi connectivity index (χ0n) is 12.3. The van der Waals surface area contributed by atoms with Crippen LogP contribution in [0, 0.1) is 5.92 Å². The number of hydrogen-bond donors (Lipinski definition) is 1. The average molecular weight is 333 g/mol. The van der Waals surface area contributed by atoms with Gasteiger partial charge in [0, 0.05) is 21.5 Å². The standard InChI is InChI=1S/C17H21BrN2/c1-11(2)17(3,13-6-8-14(18)9-7-13)16-10-15(19-20-16)12-4-5-12/h6-12H,4-5H2,1-3H3,(H,19,20). The number of benzene rings is 1. The van der Waals surface area contributed by atoms with Gasteiger partial charge in [-0.2, -0.15) is 5.10 Å². The third kappa shape index (κ3) is 2.32. The highest BCUT2D eigenvalue weighted by Crippen LogP contribution is 2.43. The molecule has 1 saturated carbocycles. The fourth-order valence-corrected chi connectivity index (χ4v) is 3.04. The molecule has 1 aliphatic carbocycles. The van der Waals surface area contributed by atoms with Crippen molar-refractivity contribution >= 4 is 15.9 Å². The molecule has 106 valence electrons. The predicted molar refractivity (Wildman–Crippen MR) is 86.0 cm³/mol. The zero-order valence-corrected chi connectivity index (χ0v) is 13.9. The van der Waals surface area contributed by atoms with E-state index in [0.717, 1.165) is 16.1 Å². The van der Waals surface area contributed by atoms with E-state index in [4.69, 9.17) is 0 Å². The summed E-state index contributed by atoms with van der Waals surface area (Å²) in [6.07, 6.45) is 2.61. The van der Waals surface area contributed by atoms with Crippen LogP contribution in [-0.4, -0.2) is 10.2 Å². The van der Waals surface area contributed by atoms with Crippen LogP contribution in [0.4, 0.5) is 0 Å². The molecule has 0 radical (unpaired) electrons. The lowest BCUT2D eigenvalue weighted by molar-refractivity contribution is 0.394. The van der Waals surface area contributed by atoms with E-state index in [2.05, 4.69) is 77.2 Å². The number of halogens is 1. The summed E-state index contributed by atoms with van der Waals surface area (Å²) in [7, 11) is 0. The SMILES string of the molecule is CC(C)C(C)(c1ccc(Br)cc1)c1cc(C2CC2)[nH]n1. The van der Waals surface area contributed by atoms with Gasteiger partial charge in [-0.3, -0.25) is 5.10 Å². The zero-order chi connectivity index (χ0) is 14.3. The Morgan fingerprint density at radius 1 is 1.25 bits per heavy atom. The second-order valence-electron chi connectivity index (χ2n) is 6.35. The molecule has 1 unspecified atom stereocenters. The van der Waals surface area contributed by atoms with Crippen LogP contribution in [0.15, 0.2) is 34.8 Å². The second-order valence-corrected chi connectivity index (χ2v) is 7.26. The lowest BCUT2D eigenvalue weighted by Crippen LogP contribution is -2.30. The van der Waals surface area contributed by atoms with Gasteiger partial charge in [-0.25, -0.2) is 0 Å². The van der Waals surface area contributed by atoms with Crippen molar-refractivity contribution in [3.8, 4) is 0 Å². The first-order valence-electron chi connectivity index (χ1n) is 7.33. The maximum absolute atomic E-state index is 4.63. The summed E-state index contributed by atoms with van der Waals surface area (Å²) in [5.41, 5.74) is 3.75. The molecule has 1 aromatic carbocycles. The molecule has 0 saturated heterocycles. The molecule has 0 spiro atoms. The van der Waals surface area contributed by atoms with Gasteiger partial charge in [0.05, 0.1) is 5.69 Å². The average Bonchev–Trinajstić information content (AvgIpc) is 3.16. The summed E-state index contributed by atoms with van der Waals surface area (Å²) in [4.78, 5) is 0. The summed E-state index contributed by atoms with van der Waals surface area (Å²) in [5.74, 6) is 1.21. The first-order chi connectivity index (χ1) is 9.51. The third-order valence-electron chi connectivity index (χ3n) is 4.75. The van der Waals surface area contributed by atoms with E-state index in [9.17, 15) is 0 Å². The Bertz CT molecular complexity index is 596. The lowest BCUT2D eigenvalue weighted by Gasteiger charge is -2.32. The fourth-order valence-electron chi connectivity index (χ4n) is 2.78. The highest BCUT2D eigenvalue weighted by Gasteiger charge is 2.36. The molecule has 0 bridgehead atoms. The van der Waals surface area contributed by atoms with Crippen LogP contribution in [0.25, 0.3) is 0 Å². The predicted octanol–water partition coefficient (Wildman–Crippen LogP) is 5.01. The highest BCUT2D eigenvalue weighted by atomic mass is 79.9. The number of aromatic amines is 1. The first kappa shape index (κ1) is 13.9. The molecule has 1 N–H and O–H groups in total. The van der Waals surface area contributed by atoms with E-state index in [1.54, 1.807) is 0 Å². The molecular weight excluding hydrogens is 312 g/mol. The molecule has 1 heterocycles. The molecule has 0 amide bonds. The summed E-state index contributed by atoms with van der Waals surface area (Å²) in [6.45, 7) is 6.84. The van der Waals surface area contributed by atoms with Crippen molar-refractivity contribution in [3.63, 3.8) is 0 Å². The molecule has 2 aromatic rings. The fraction of sp³-hybridized carbons (Fsp3) is 0.471. The quantitative estimate of drug-likeness (QED) is 0.837. The van der Waals surface area contributed by atoms with Crippen molar-refractivity contribution in [3.05, 3.63) is 51.8 Å². The number of aromatic nitrogens is 2. The molecule has 1 fully saturated rings. The number of nitrogens with one attached hydrogen (secondary N) is 1. The van der Waals surface area contributed by atoms with Gasteiger partial charge in [-0.05, 0) is 49.4 Å². The molecular formula is C17H21BrN2. The number of hydrogen-bond acceptors (Lipinski definition) is 1. The van der Waals surface area contributed by atoms with Crippen LogP contribution >= 0.6 is 15.9 Å². The monoisotopic (exact) mass is 332 g/mol. The molecule has 3 heteroatoms. The highest BCUT2D eigenvalue weighted by molar-refractivity contribution is 9.10. The topological polar surface area (TPSA) is 28.7 Å². The minimum atomic E-state index is -0.0513. The Balaban J connectivity index is 2.03. The van der Waals surface area contributed by atoms with E-state index in [-0.39, 0.29) is 5.41 Å². The summed E-state index contributed by atoms with van der Waals surface area (Å²) < 4.78 is 1.12. The first-order valence-corrected chi connectivity index (χ1v) is 8.13. The Kier molecular flexibility index (Phi) is 3.49. The van der Waals surface area contributed by atoms with Crippen LogP contribution in [0.2, 0.25) is 0 Å². The van der Waals surface area contributed by atoms with Crippen molar-refractivity contribution in [2.75, 3.05) is 0 Å². The second kappa shape index (κ2) is 5.03. The van der Waals surface area contributed by atoms with Crippen LogP contribution in [0.5, 0.6) is 0 Å². The summed E-state index contributed by atoms with van der Waals surface area (Å²) in [5, 5.41) is 7.88. The van der Waals surface area contributed by atoms with Gasteiger partial charge >= 0.3 is 0 Å². The Hall–Kier alpha value is -1.09. The van der Waals surface area contributed by atoms with E-state index in [1.807, 2.05) is 0 Å². The Morgan fingerprint density at radius 2 is 1.90 bits per heavy atom. The number of rotatable bonds is 4. The molecule has 2 nitrogen and oxygen atoms in total. The van der Waals surface area contributed by atoms with E-state index < -0.39 is 0 Å². The van der Waals surface area contributed by atoms with Crippen molar-refractivity contribution in [1.29, 1.82) is 0 Å². The van der Waals surface area contributed by atoms with Gasteiger partial charge in [-0.15, -0.1) is 0 Å². The minimum absolute atomic E-state index is 0.0513. The maximum Gasteiger partial charge on any atom is 0.0730 e. The van der Waals surface area contributed by atoms with Crippen molar-refractivity contribution in [2.24, 2.45) is 5.92 Å². The van der Waals surface area contributed by atoms with Gasteiger partial charge in [0.1, 0.15) is 0 Å². The van der Waals surface area contributed by atoms with Gasteiger partial charge < -0.3 is 0 Å². The van der Waals surface area contributed by atoms with E-state index in [0.29, 0.717) is 5.92 Å². The number of nitrogens with zero attached hydrogens (tertiary/aromatic N) is 1. The van der Waals surface area contributed by atoms with Gasteiger partial charge in [-0.1, -0.05) is 41.9 Å². The Morgan fingerprint density at radius 3 is 2.45 bits per heavy atom. The molecule has 0 aliphatic heterocycles. The normalized spacial score (nSPS) is 18.2. The maximum atomic E-state index is 4.63. The Labute approximate surface area is 129 Å². The molecule has 1 atom stereocenters. The van der Waals surface area contributed by atoms with Gasteiger partial charge in [0.15, 0.2) is 0 Å². The van der Waals surface area contributed by atoms with Crippen LogP contribution in [-0.2, 0) is 5.41 Å². The smallest absolute Gasteiger partial charge is 0.0730 e. The summed E-state index contributed by atoms with van der Waals surface area (Å²) >= 11 is 3.52. The molecule has 1 aliphatic rings. The van der Waals surface area contributed by atoms with Crippen LogP contribution < -0.4 is 0 Å². The van der Waals surface area contributed by atoms with E-state index >= 15 is 0 Å². The largest absolute Gasteiger partial charge is 0.282 e. The van der Waals surface area contributed by atoms with Crippen molar-refractivity contribution < 1.29 is 0 Å². The number of H-pyrrole nitrogens is 1.